The Bertz CT molecular complexity index is 475. The van der Waals surface area contributed by atoms with Gasteiger partial charge in [0.05, 0.1) is 6.20 Å². The molecule has 0 unspecified atom stereocenters. The van der Waals surface area contributed by atoms with Crippen LogP contribution >= 0.6 is 0 Å². The van der Waals surface area contributed by atoms with E-state index in [4.69, 9.17) is 4.42 Å². The Morgan fingerprint density at radius 1 is 1.50 bits per heavy atom. The average Bonchev–Trinajstić information content (AvgIpc) is 2.81. The predicted octanol–water partition coefficient (Wildman–Crippen LogP) is 3.25. The van der Waals surface area contributed by atoms with Gasteiger partial charge in [-0.15, -0.1) is 6.58 Å². The lowest BCUT2D eigenvalue weighted by atomic mass is 10.1. The second kappa shape index (κ2) is 4.66. The summed E-state index contributed by atoms with van der Waals surface area (Å²) in [4.78, 5) is 4.12. The highest BCUT2D eigenvalue weighted by Crippen LogP contribution is 2.23. The van der Waals surface area contributed by atoms with E-state index in [9.17, 15) is 0 Å². The Hall–Kier alpha value is -2.03. The maximum Gasteiger partial charge on any atom is 0.225 e. The second-order valence-corrected chi connectivity index (χ2v) is 3.54. The van der Waals surface area contributed by atoms with Crippen LogP contribution in [0, 0.1) is 6.92 Å². The van der Waals surface area contributed by atoms with Gasteiger partial charge in [-0.05, 0) is 24.6 Å². The zero-order chi connectivity index (χ0) is 11.4. The summed E-state index contributed by atoms with van der Waals surface area (Å²) < 4.78 is 5.26. The molecule has 82 valence electrons. The topological polar surface area (TPSA) is 38.1 Å². The van der Waals surface area contributed by atoms with Crippen LogP contribution in [-0.4, -0.2) is 11.5 Å². The number of hydrogen-bond acceptors (Lipinski definition) is 3. The zero-order valence-corrected chi connectivity index (χ0v) is 9.23. The normalized spacial score (nSPS) is 10.1. The number of rotatable bonds is 4. The van der Waals surface area contributed by atoms with Crippen LogP contribution in [0.15, 0.2) is 47.7 Å². The molecule has 0 amide bonds. The van der Waals surface area contributed by atoms with Gasteiger partial charge in [0.2, 0.25) is 5.89 Å². The number of hydrogen-bond donors (Lipinski definition) is 1. The molecule has 0 aliphatic heterocycles. The molecule has 0 aliphatic carbocycles. The van der Waals surface area contributed by atoms with Gasteiger partial charge >= 0.3 is 0 Å². The van der Waals surface area contributed by atoms with E-state index in [1.165, 1.54) is 5.56 Å². The third kappa shape index (κ3) is 2.14. The molecule has 0 fully saturated rings. The fourth-order valence-corrected chi connectivity index (χ4v) is 1.49. The molecular formula is C13H14N2O. The lowest BCUT2D eigenvalue weighted by Gasteiger charge is -2.08. The molecule has 1 heterocycles. The summed E-state index contributed by atoms with van der Waals surface area (Å²) in [5, 5.41) is 3.28. The molecule has 0 radical (unpaired) electrons. The molecule has 0 aliphatic rings. The monoisotopic (exact) mass is 214 g/mol. The van der Waals surface area contributed by atoms with E-state index in [2.05, 4.69) is 23.8 Å². The molecule has 2 aromatic rings. The van der Waals surface area contributed by atoms with E-state index in [-0.39, 0.29) is 0 Å². The van der Waals surface area contributed by atoms with Crippen molar-refractivity contribution in [2.24, 2.45) is 0 Å². The third-order valence-electron chi connectivity index (χ3n) is 2.35. The SMILES string of the molecule is C=CCNc1cc(-c2ncco2)ccc1C. The van der Waals surface area contributed by atoms with Crippen molar-refractivity contribution in [2.75, 3.05) is 11.9 Å². The van der Waals surface area contributed by atoms with E-state index >= 15 is 0 Å². The van der Waals surface area contributed by atoms with Crippen LogP contribution in [-0.2, 0) is 0 Å². The summed E-state index contributed by atoms with van der Waals surface area (Å²) in [6.45, 7) is 6.49. The third-order valence-corrected chi connectivity index (χ3v) is 2.35. The highest BCUT2D eigenvalue weighted by Gasteiger charge is 2.04. The summed E-state index contributed by atoms with van der Waals surface area (Å²) >= 11 is 0. The van der Waals surface area contributed by atoms with Crippen LogP contribution in [0.3, 0.4) is 0 Å². The number of anilines is 1. The molecule has 3 nitrogen and oxygen atoms in total. The zero-order valence-electron chi connectivity index (χ0n) is 9.23. The second-order valence-electron chi connectivity index (χ2n) is 3.54. The first kappa shape index (κ1) is 10.5. The molecule has 0 atom stereocenters. The summed E-state index contributed by atoms with van der Waals surface area (Å²) in [5.74, 6) is 0.640. The highest BCUT2D eigenvalue weighted by atomic mass is 16.3. The van der Waals surface area contributed by atoms with Crippen molar-refractivity contribution in [1.82, 2.24) is 4.98 Å². The fourth-order valence-electron chi connectivity index (χ4n) is 1.49. The summed E-state index contributed by atoms with van der Waals surface area (Å²) in [6.07, 6.45) is 5.05. The number of benzene rings is 1. The largest absolute Gasteiger partial charge is 0.445 e. The number of aryl methyl sites for hydroxylation is 1. The smallest absolute Gasteiger partial charge is 0.225 e. The summed E-state index contributed by atoms with van der Waals surface area (Å²) in [5.41, 5.74) is 3.25. The molecule has 0 saturated carbocycles. The Labute approximate surface area is 94.8 Å². The van der Waals surface area contributed by atoms with Crippen LogP contribution in [0.2, 0.25) is 0 Å². The van der Waals surface area contributed by atoms with Crippen molar-refractivity contribution < 1.29 is 4.42 Å². The quantitative estimate of drug-likeness (QED) is 0.794. The molecule has 1 N–H and O–H groups in total. The van der Waals surface area contributed by atoms with Crippen molar-refractivity contribution in [3.8, 4) is 11.5 Å². The number of oxazole rings is 1. The minimum absolute atomic E-state index is 0.640. The van der Waals surface area contributed by atoms with Crippen molar-refractivity contribution in [2.45, 2.75) is 6.92 Å². The molecule has 0 saturated heterocycles. The first-order valence-electron chi connectivity index (χ1n) is 5.16. The van der Waals surface area contributed by atoms with Crippen molar-refractivity contribution in [3.05, 3.63) is 48.9 Å². The van der Waals surface area contributed by atoms with Crippen LogP contribution in [0.5, 0.6) is 0 Å². The maximum absolute atomic E-state index is 5.26. The van der Waals surface area contributed by atoms with E-state index in [0.29, 0.717) is 5.89 Å². The maximum atomic E-state index is 5.26. The highest BCUT2D eigenvalue weighted by molar-refractivity contribution is 5.64. The van der Waals surface area contributed by atoms with Crippen LogP contribution in [0.25, 0.3) is 11.5 Å². The number of nitrogens with one attached hydrogen (secondary N) is 1. The summed E-state index contributed by atoms with van der Waals surface area (Å²) in [7, 11) is 0. The van der Waals surface area contributed by atoms with Gasteiger partial charge in [0.15, 0.2) is 0 Å². The van der Waals surface area contributed by atoms with Gasteiger partial charge in [-0.25, -0.2) is 4.98 Å². The van der Waals surface area contributed by atoms with Crippen molar-refractivity contribution >= 4 is 5.69 Å². The van der Waals surface area contributed by atoms with Gasteiger partial charge in [0, 0.05) is 17.8 Å². The molecule has 2 rings (SSSR count). The predicted molar refractivity (Wildman–Crippen MR) is 65.4 cm³/mol. The van der Waals surface area contributed by atoms with E-state index in [1.54, 1.807) is 12.5 Å². The molecule has 1 aromatic heterocycles. The Morgan fingerprint density at radius 3 is 3.06 bits per heavy atom. The first-order valence-corrected chi connectivity index (χ1v) is 5.16. The van der Waals surface area contributed by atoms with E-state index in [1.807, 2.05) is 24.3 Å². The Kier molecular flexibility index (Phi) is 3.05. The first-order chi connectivity index (χ1) is 7.81. The molecule has 3 heteroatoms. The minimum Gasteiger partial charge on any atom is -0.445 e. The van der Waals surface area contributed by atoms with Crippen LogP contribution in [0.1, 0.15) is 5.56 Å². The van der Waals surface area contributed by atoms with E-state index < -0.39 is 0 Å². The van der Waals surface area contributed by atoms with Crippen LogP contribution in [0.4, 0.5) is 5.69 Å². The molecule has 16 heavy (non-hydrogen) atoms. The molecule has 0 spiro atoms. The molecule has 1 aromatic carbocycles. The summed E-state index contributed by atoms with van der Waals surface area (Å²) in [6, 6.07) is 6.08. The van der Waals surface area contributed by atoms with Crippen molar-refractivity contribution in [3.63, 3.8) is 0 Å². The van der Waals surface area contributed by atoms with Gasteiger partial charge in [-0.2, -0.15) is 0 Å². The van der Waals surface area contributed by atoms with Gasteiger partial charge in [0.1, 0.15) is 6.26 Å². The lowest BCUT2D eigenvalue weighted by molar-refractivity contribution is 0.574. The fraction of sp³-hybridized carbons (Fsp3) is 0.154. The Morgan fingerprint density at radius 2 is 2.38 bits per heavy atom. The standard InChI is InChI=1S/C13H14N2O/c1-3-6-14-12-9-11(5-4-10(12)2)13-15-7-8-16-13/h3-5,7-9,14H,1,6H2,2H3. The van der Waals surface area contributed by atoms with Gasteiger partial charge < -0.3 is 9.73 Å². The van der Waals surface area contributed by atoms with Crippen LogP contribution < -0.4 is 5.32 Å². The lowest BCUT2D eigenvalue weighted by Crippen LogP contribution is -1.99. The Balaban J connectivity index is 2.31. The van der Waals surface area contributed by atoms with E-state index in [0.717, 1.165) is 17.8 Å². The average molecular weight is 214 g/mol. The molecule has 0 bridgehead atoms. The van der Waals surface area contributed by atoms with Crippen molar-refractivity contribution in [1.29, 1.82) is 0 Å². The minimum atomic E-state index is 0.640. The number of aromatic nitrogens is 1. The van der Waals surface area contributed by atoms with Gasteiger partial charge in [0.25, 0.3) is 0 Å². The number of nitrogens with zero attached hydrogens (tertiary/aromatic N) is 1. The van der Waals surface area contributed by atoms with Gasteiger partial charge in [-0.1, -0.05) is 12.1 Å². The molecular weight excluding hydrogens is 200 g/mol. The van der Waals surface area contributed by atoms with Gasteiger partial charge in [-0.3, -0.25) is 0 Å².